The molecule has 2 aliphatic rings. The Balaban J connectivity index is 1.23. The third-order valence-electron chi connectivity index (χ3n) is 8.68. The molecule has 42 heavy (non-hydrogen) atoms. The number of piperazine rings is 1. The molecule has 3 heterocycles. The molecule has 0 unspecified atom stereocenters. The third-order valence-corrected chi connectivity index (χ3v) is 8.68. The predicted octanol–water partition coefficient (Wildman–Crippen LogP) is 6.48. The number of carbonyl (C=O) groups excluding carboxylic acids is 1. The molecular formula is C35H43N5O2. The molecule has 1 fully saturated rings. The Hall–Kier alpha value is -3.81. The van der Waals surface area contributed by atoms with Crippen molar-refractivity contribution in [3.8, 4) is 16.9 Å². The van der Waals surface area contributed by atoms with Gasteiger partial charge >= 0.3 is 0 Å². The van der Waals surface area contributed by atoms with Crippen LogP contribution in [-0.4, -0.2) is 79.2 Å². The van der Waals surface area contributed by atoms with Gasteiger partial charge in [-0.15, -0.1) is 0 Å². The van der Waals surface area contributed by atoms with Crippen molar-refractivity contribution < 1.29 is 9.53 Å². The number of nitrogens with zero attached hydrogens (tertiary/aromatic N) is 3. The first kappa shape index (κ1) is 28.3. The number of hydrogen-bond acceptors (Lipinski definition) is 5. The summed E-state index contributed by atoms with van der Waals surface area (Å²) in [6.45, 7) is 12.1. The van der Waals surface area contributed by atoms with Gasteiger partial charge in [0.05, 0.1) is 11.4 Å². The van der Waals surface area contributed by atoms with Gasteiger partial charge in [0.1, 0.15) is 12.4 Å². The first-order valence-corrected chi connectivity index (χ1v) is 15.6. The number of H-pyrrole nitrogens is 1. The number of unbranched alkanes of at least 4 members (excludes halogenated alkanes) is 1. The summed E-state index contributed by atoms with van der Waals surface area (Å²) < 4.78 is 6.52. The van der Waals surface area contributed by atoms with Crippen LogP contribution in [0, 0.1) is 0 Å². The number of rotatable bonds is 9. The van der Waals surface area contributed by atoms with Crippen LogP contribution in [0.1, 0.15) is 43.5 Å². The monoisotopic (exact) mass is 565 g/mol. The smallest absolute Gasteiger partial charge is 0.258 e. The van der Waals surface area contributed by atoms with Crippen LogP contribution in [0.5, 0.6) is 5.75 Å². The number of aromatic nitrogens is 1. The lowest BCUT2D eigenvalue weighted by Crippen LogP contribution is -2.47. The van der Waals surface area contributed by atoms with E-state index >= 15 is 0 Å². The maximum Gasteiger partial charge on any atom is 0.258 e. The zero-order valence-corrected chi connectivity index (χ0v) is 24.9. The van der Waals surface area contributed by atoms with Crippen molar-refractivity contribution in [2.45, 2.75) is 39.2 Å². The van der Waals surface area contributed by atoms with E-state index in [-0.39, 0.29) is 5.91 Å². The maximum atomic E-state index is 14.0. The average molecular weight is 566 g/mol. The van der Waals surface area contributed by atoms with Gasteiger partial charge in [-0.2, -0.15) is 0 Å². The topological polar surface area (TPSA) is 63.8 Å². The first-order chi connectivity index (χ1) is 20.6. The fourth-order valence-corrected chi connectivity index (χ4v) is 6.12. The molecule has 220 valence electrons. The second kappa shape index (κ2) is 13.0. The van der Waals surface area contributed by atoms with E-state index in [4.69, 9.17) is 4.74 Å². The minimum atomic E-state index is -0.000891. The Bertz CT molecular complexity index is 1510. The van der Waals surface area contributed by atoms with E-state index in [9.17, 15) is 4.79 Å². The van der Waals surface area contributed by atoms with Crippen molar-refractivity contribution in [2.24, 2.45) is 0 Å². The summed E-state index contributed by atoms with van der Waals surface area (Å²) in [6.07, 6.45) is 5.36. The summed E-state index contributed by atoms with van der Waals surface area (Å²) in [6, 6.07) is 22.8. The number of aromatic amines is 1. The van der Waals surface area contributed by atoms with E-state index in [2.05, 4.69) is 64.3 Å². The Morgan fingerprint density at radius 3 is 2.57 bits per heavy atom. The van der Waals surface area contributed by atoms with Crippen molar-refractivity contribution in [3.05, 3.63) is 78.5 Å². The van der Waals surface area contributed by atoms with Crippen molar-refractivity contribution in [1.29, 1.82) is 0 Å². The highest BCUT2D eigenvalue weighted by molar-refractivity contribution is 6.08. The predicted molar refractivity (Wildman–Crippen MR) is 173 cm³/mol. The van der Waals surface area contributed by atoms with Crippen LogP contribution in [0.2, 0.25) is 0 Å². The summed E-state index contributed by atoms with van der Waals surface area (Å²) in [4.78, 5) is 24.3. The summed E-state index contributed by atoms with van der Waals surface area (Å²) in [5, 5.41) is 4.71. The highest BCUT2D eigenvalue weighted by atomic mass is 16.5. The molecule has 3 aromatic carbocycles. The molecule has 1 aromatic heterocycles. The largest absolute Gasteiger partial charge is 0.492 e. The van der Waals surface area contributed by atoms with Crippen LogP contribution in [0.15, 0.2) is 72.9 Å². The van der Waals surface area contributed by atoms with Crippen molar-refractivity contribution in [3.63, 3.8) is 0 Å². The number of ether oxygens (including phenoxy) is 1. The van der Waals surface area contributed by atoms with E-state index in [0.717, 1.165) is 78.3 Å². The van der Waals surface area contributed by atoms with Crippen molar-refractivity contribution in [1.82, 2.24) is 14.8 Å². The average Bonchev–Trinajstić information content (AvgIpc) is 3.42. The van der Waals surface area contributed by atoms with Crippen LogP contribution in [0.25, 0.3) is 22.0 Å². The van der Waals surface area contributed by atoms with E-state index < -0.39 is 0 Å². The molecule has 0 saturated carbocycles. The maximum absolute atomic E-state index is 14.0. The molecule has 7 nitrogen and oxygen atoms in total. The normalized spacial score (nSPS) is 18.0. The number of para-hydroxylation sites is 2. The lowest BCUT2D eigenvalue weighted by atomic mass is 10.0. The van der Waals surface area contributed by atoms with Gasteiger partial charge in [0, 0.05) is 68.2 Å². The van der Waals surface area contributed by atoms with E-state index in [0.29, 0.717) is 24.8 Å². The van der Waals surface area contributed by atoms with E-state index in [1.54, 1.807) is 0 Å². The summed E-state index contributed by atoms with van der Waals surface area (Å²) in [5.41, 5.74) is 5.76. The second-order valence-corrected chi connectivity index (χ2v) is 11.7. The van der Waals surface area contributed by atoms with Gasteiger partial charge < -0.3 is 24.8 Å². The number of anilines is 2. The fraction of sp³-hybridized carbons (Fsp3) is 0.400. The fourth-order valence-electron chi connectivity index (χ4n) is 6.12. The van der Waals surface area contributed by atoms with Crippen molar-refractivity contribution >= 4 is 28.2 Å². The minimum absolute atomic E-state index is 0.000891. The van der Waals surface area contributed by atoms with Gasteiger partial charge in [0.25, 0.3) is 5.91 Å². The molecule has 2 aliphatic heterocycles. The zero-order chi connectivity index (χ0) is 28.9. The van der Waals surface area contributed by atoms with E-state index in [1.165, 1.54) is 19.4 Å². The standard InChI is InChI=1S/C35H43N5O2/c1-3-4-16-38-18-20-39(21-19-38)22-23-42-34-25-29(9-11-30(34)27-10-12-31-28(24-27)13-15-36-31)35(41)40-17-14-26(2)37-32-7-5-6-8-33(32)40/h5-13,15,24-26,36-37H,3-4,14,16-23H2,1-2H3/t26-/m0/s1. The van der Waals surface area contributed by atoms with Crippen LogP contribution >= 0.6 is 0 Å². The van der Waals surface area contributed by atoms with Gasteiger partial charge in [-0.1, -0.05) is 31.5 Å². The van der Waals surface area contributed by atoms with Gasteiger partial charge in [-0.25, -0.2) is 0 Å². The zero-order valence-electron chi connectivity index (χ0n) is 24.9. The minimum Gasteiger partial charge on any atom is -0.492 e. The molecule has 1 atom stereocenters. The van der Waals surface area contributed by atoms with E-state index in [1.807, 2.05) is 47.5 Å². The molecule has 0 aliphatic carbocycles. The Morgan fingerprint density at radius 1 is 0.929 bits per heavy atom. The molecule has 0 spiro atoms. The second-order valence-electron chi connectivity index (χ2n) is 11.7. The molecule has 2 N–H and O–H groups in total. The third kappa shape index (κ3) is 6.32. The van der Waals surface area contributed by atoms with Gasteiger partial charge in [0.2, 0.25) is 0 Å². The number of benzene rings is 3. The van der Waals surface area contributed by atoms with Crippen LogP contribution < -0.4 is 15.0 Å². The molecule has 0 bridgehead atoms. The molecule has 4 aromatic rings. The summed E-state index contributed by atoms with van der Waals surface area (Å²) in [7, 11) is 0. The van der Waals surface area contributed by atoms with Crippen LogP contribution in [0.3, 0.4) is 0 Å². The summed E-state index contributed by atoms with van der Waals surface area (Å²) in [5.74, 6) is 0.756. The Labute approximate surface area is 249 Å². The number of fused-ring (bicyclic) bond motifs is 2. The quantitative estimate of drug-likeness (QED) is 0.243. The Morgan fingerprint density at radius 2 is 1.74 bits per heavy atom. The molecule has 0 radical (unpaired) electrons. The first-order valence-electron chi connectivity index (χ1n) is 15.6. The van der Waals surface area contributed by atoms with Crippen LogP contribution in [-0.2, 0) is 0 Å². The van der Waals surface area contributed by atoms with Gasteiger partial charge in [0.15, 0.2) is 0 Å². The van der Waals surface area contributed by atoms with Crippen molar-refractivity contribution in [2.75, 3.05) is 62.6 Å². The highest BCUT2D eigenvalue weighted by Gasteiger charge is 2.25. The molecule has 7 heteroatoms. The number of amides is 1. The molecule has 1 amide bonds. The Kier molecular flexibility index (Phi) is 8.77. The number of carbonyl (C=O) groups is 1. The SMILES string of the molecule is CCCCN1CCN(CCOc2cc(C(=O)N3CC[C@H](C)Nc4ccccc43)ccc2-c2ccc3[nH]ccc3c2)CC1. The van der Waals surface area contributed by atoms with Gasteiger partial charge in [-0.05, 0) is 85.8 Å². The van der Waals surface area contributed by atoms with Gasteiger partial charge in [-0.3, -0.25) is 9.69 Å². The summed E-state index contributed by atoms with van der Waals surface area (Å²) >= 11 is 0. The lowest BCUT2D eigenvalue weighted by Gasteiger charge is -2.34. The molecule has 1 saturated heterocycles. The molecular weight excluding hydrogens is 522 g/mol. The lowest BCUT2D eigenvalue weighted by molar-refractivity contribution is 0.0986. The number of hydrogen-bond donors (Lipinski definition) is 2. The highest BCUT2D eigenvalue weighted by Crippen LogP contribution is 2.35. The van der Waals surface area contributed by atoms with Crippen LogP contribution in [0.4, 0.5) is 11.4 Å². The number of nitrogens with one attached hydrogen (secondary N) is 2. The molecule has 6 rings (SSSR count).